The van der Waals surface area contributed by atoms with E-state index in [4.69, 9.17) is 4.42 Å². The van der Waals surface area contributed by atoms with Crippen molar-refractivity contribution in [2.24, 2.45) is 0 Å². The molecular formula is C5H5CuO. The molecule has 2 heteroatoms. The van der Waals surface area contributed by atoms with Gasteiger partial charge in [-0.05, 0) is 5.76 Å². The predicted octanol–water partition coefficient (Wildman–Crippen LogP) is 1.46. The minimum absolute atomic E-state index is 0. The molecule has 1 heterocycles. The van der Waals surface area contributed by atoms with Gasteiger partial charge in [0.05, 0.1) is 6.26 Å². The van der Waals surface area contributed by atoms with Crippen molar-refractivity contribution < 1.29 is 21.5 Å². The molecule has 0 bridgehead atoms. The van der Waals surface area contributed by atoms with E-state index in [0.29, 0.717) is 0 Å². The fourth-order valence-electron chi connectivity index (χ4n) is 0.313. The molecule has 0 saturated carbocycles. The molecule has 7 heavy (non-hydrogen) atoms. The Hall–Kier alpha value is -0.331. The summed E-state index contributed by atoms with van der Waals surface area (Å²) in [7, 11) is 0. The molecule has 0 atom stereocenters. The first-order valence-corrected chi connectivity index (χ1v) is 1.75. The first-order valence-electron chi connectivity index (χ1n) is 1.75. The third kappa shape index (κ3) is 1.72. The Morgan fingerprint density at radius 2 is 2.29 bits per heavy atom. The Kier molecular flexibility index (Phi) is 2.65. The van der Waals surface area contributed by atoms with E-state index in [9.17, 15) is 0 Å². The fraction of sp³-hybridized carbons (Fsp3) is 0. The number of rotatable bonds is 0. The Morgan fingerprint density at radius 3 is 2.43 bits per heavy atom. The van der Waals surface area contributed by atoms with E-state index in [1.165, 1.54) is 0 Å². The molecule has 0 spiro atoms. The van der Waals surface area contributed by atoms with Crippen LogP contribution in [0.25, 0.3) is 0 Å². The van der Waals surface area contributed by atoms with Gasteiger partial charge in [0.15, 0.2) is 0 Å². The minimum atomic E-state index is 0. The zero-order chi connectivity index (χ0) is 4.41. The molecule has 0 unspecified atom stereocenters. The molecule has 0 amide bonds. The SMILES string of the molecule is [CH2-]c1ccco1.[Cu+]. The molecule has 1 nitrogen and oxygen atoms in total. The van der Waals surface area contributed by atoms with Crippen LogP contribution < -0.4 is 0 Å². The maximum Gasteiger partial charge on any atom is 1.00 e. The van der Waals surface area contributed by atoms with Crippen LogP contribution in [0.1, 0.15) is 5.76 Å². The van der Waals surface area contributed by atoms with Gasteiger partial charge < -0.3 is 4.42 Å². The zero-order valence-electron chi connectivity index (χ0n) is 3.65. The normalized spacial score (nSPS) is 7.43. The van der Waals surface area contributed by atoms with Gasteiger partial charge in [0.2, 0.25) is 0 Å². The van der Waals surface area contributed by atoms with Gasteiger partial charge in [-0.15, -0.1) is 6.07 Å². The molecule has 42 valence electrons. The second-order valence-electron chi connectivity index (χ2n) is 1.08. The van der Waals surface area contributed by atoms with Crippen LogP contribution in [-0.4, -0.2) is 0 Å². The van der Waals surface area contributed by atoms with E-state index >= 15 is 0 Å². The summed E-state index contributed by atoms with van der Waals surface area (Å²) in [5.74, 6) is 0.718. The standard InChI is InChI=1S/C5H5O.Cu/c1-5-3-2-4-6-5;/h2-4H,1H2;/q-1;+1. The van der Waals surface area contributed by atoms with Gasteiger partial charge in [-0.3, -0.25) is 0 Å². The summed E-state index contributed by atoms with van der Waals surface area (Å²) in [5, 5.41) is 0. The Labute approximate surface area is 53.2 Å². The summed E-state index contributed by atoms with van der Waals surface area (Å²) < 4.78 is 4.72. The fourth-order valence-corrected chi connectivity index (χ4v) is 0.313. The van der Waals surface area contributed by atoms with Crippen molar-refractivity contribution >= 4 is 0 Å². The van der Waals surface area contributed by atoms with Gasteiger partial charge in [0.25, 0.3) is 0 Å². The summed E-state index contributed by atoms with van der Waals surface area (Å²) in [6.07, 6.45) is 1.60. The molecule has 0 N–H and O–H groups in total. The van der Waals surface area contributed by atoms with Crippen molar-refractivity contribution in [1.82, 2.24) is 0 Å². The number of hydrogen-bond donors (Lipinski definition) is 0. The monoisotopic (exact) mass is 144 g/mol. The van der Waals surface area contributed by atoms with Crippen LogP contribution >= 0.6 is 0 Å². The van der Waals surface area contributed by atoms with Crippen LogP contribution in [-0.2, 0) is 17.1 Å². The van der Waals surface area contributed by atoms with Gasteiger partial charge in [-0.2, -0.15) is 6.07 Å². The summed E-state index contributed by atoms with van der Waals surface area (Å²) in [6.45, 7) is 3.51. The third-order valence-electron chi connectivity index (χ3n) is 0.580. The second kappa shape index (κ2) is 2.78. The van der Waals surface area contributed by atoms with Gasteiger partial charge in [0.1, 0.15) is 0 Å². The van der Waals surface area contributed by atoms with E-state index in [2.05, 4.69) is 6.92 Å². The second-order valence-corrected chi connectivity index (χ2v) is 1.08. The first kappa shape index (κ1) is 6.67. The predicted molar refractivity (Wildman–Crippen MR) is 23.2 cm³/mol. The molecule has 0 radical (unpaired) electrons. The van der Waals surface area contributed by atoms with Crippen molar-refractivity contribution in [3.8, 4) is 0 Å². The summed E-state index contributed by atoms with van der Waals surface area (Å²) in [6, 6.07) is 3.61. The molecule has 1 aromatic rings. The molecule has 0 aliphatic heterocycles. The Bertz CT molecular complexity index is 112. The van der Waals surface area contributed by atoms with Gasteiger partial charge >= 0.3 is 17.1 Å². The van der Waals surface area contributed by atoms with Gasteiger partial charge in [-0.25, -0.2) is 6.92 Å². The molecular weight excluding hydrogens is 140 g/mol. The average Bonchev–Trinajstić information content (AvgIpc) is 1.86. The largest absolute Gasteiger partial charge is 1.00 e. The molecule has 1 aromatic heterocycles. The van der Waals surface area contributed by atoms with Gasteiger partial charge in [0, 0.05) is 0 Å². The first-order chi connectivity index (χ1) is 2.89. The zero-order valence-corrected chi connectivity index (χ0v) is 4.59. The number of furan rings is 1. The molecule has 0 fully saturated rings. The molecule has 1 rings (SSSR count). The minimum Gasteiger partial charge on any atom is -0.504 e. The van der Waals surface area contributed by atoms with Crippen molar-refractivity contribution in [2.75, 3.05) is 0 Å². The van der Waals surface area contributed by atoms with Crippen LogP contribution in [0.4, 0.5) is 0 Å². The van der Waals surface area contributed by atoms with E-state index < -0.39 is 0 Å². The van der Waals surface area contributed by atoms with Crippen LogP contribution in [0.2, 0.25) is 0 Å². The topological polar surface area (TPSA) is 13.1 Å². The van der Waals surface area contributed by atoms with Crippen LogP contribution in [0.15, 0.2) is 22.8 Å². The maximum atomic E-state index is 4.72. The summed E-state index contributed by atoms with van der Waals surface area (Å²) in [4.78, 5) is 0. The van der Waals surface area contributed by atoms with Crippen molar-refractivity contribution in [3.05, 3.63) is 31.1 Å². The van der Waals surface area contributed by atoms with E-state index in [1.54, 1.807) is 12.3 Å². The van der Waals surface area contributed by atoms with Gasteiger partial charge in [-0.1, -0.05) is 0 Å². The van der Waals surface area contributed by atoms with E-state index in [0.717, 1.165) is 5.76 Å². The molecule has 0 saturated heterocycles. The molecule has 0 aliphatic carbocycles. The quantitative estimate of drug-likeness (QED) is 0.397. The number of hydrogen-bond acceptors (Lipinski definition) is 1. The summed E-state index contributed by atoms with van der Waals surface area (Å²) >= 11 is 0. The van der Waals surface area contributed by atoms with Crippen LogP contribution in [0, 0.1) is 6.92 Å². The Balaban J connectivity index is 0.000000360. The van der Waals surface area contributed by atoms with Crippen molar-refractivity contribution in [1.29, 1.82) is 0 Å². The van der Waals surface area contributed by atoms with Crippen LogP contribution in [0.5, 0.6) is 0 Å². The molecule has 0 aromatic carbocycles. The average molecular weight is 145 g/mol. The van der Waals surface area contributed by atoms with Crippen molar-refractivity contribution in [2.45, 2.75) is 0 Å². The molecule has 0 aliphatic rings. The smallest absolute Gasteiger partial charge is 0.504 e. The summed E-state index contributed by atoms with van der Waals surface area (Å²) in [5.41, 5.74) is 0. The third-order valence-corrected chi connectivity index (χ3v) is 0.580. The van der Waals surface area contributed by atoms with E-state index in [1.807, 2.05) is 6.07 Å². The van der Waals surface area contributed by atoms with Crippen molar-refractivity contribution in [3.63, 3.8) is 0 Å². The van der Waals surface area contributed by atoms with E-state index in [-0.39, 0.29) is 17.1 Å². The van der Waals surface area contributed by atoms with Crippen LogP contribution in [0.3, 0.4) is 0 Å². The maximum absolute atomic E-state index is 4.72. The Morgan fingerprint density at radius 1 is 1.57 bits per heavy atom.